The first-order chi connectivity index (χ1) is 7.59. The van der Waals surface area contributed by atoms with Gasteiger partial charge in [0, 0.05) is 12.2 Å². The van der Waals surface area contributed by atoms with Gasteiger partial charge in [0.2, 0.25) is 0 Å². The quantitative estimate of drug-likeness (QED) is 0.819. The Labute approximate surface area is 97.7 Å². The SMILES string of the molecule is Cc1ccc(NCC2(O)CCCC2)c(C)c1. The van der Waals surface area contributed by atoms with Crippen LogP contribution in [0.5, 0.6) is 0 Å². The van der Waals surface area contributed by atoms with Crippen LogP contribution in [0.3, 0.4) is 0 Å². The molecule has 0 bridgehead atoms. The Morgan fingerprint density at radius 1 is 1.25 bits per heavy atom. The molecule has 0 unspecified atom stereocenters. The summed E-state index contributed by atoms with van der Waals surface area (Å²) in [7, 11) is 0. The van der Waals surface area contributed by atoms with Gasteiger partial charge in [0.25, 0.3) is 0 Å². The zero-order valence-electron chi connectivity index (χ0n) is 10.2. The van der Waals surface area contributed by atoms with Gasteiger partial charge in [-0.1, -0.05) is 30.5 Å². The minimum Gasteiger partial charge on any atom is -0.388 e. The van der Waals surface area contributed by atoms with Crippen LogP contribution in [0, 0.1) is 13.8 Å². The fraction of sp³-hybridized carbons (Fsp3) is 0.571. The average molecular weight is 219 g/mol. The molecule has 2 N–H and O–H groups in total. The van der Waals surface area contributed by atoms with E-state index in [1.165, 1.54) is 11.1 Å². The van der Waals surface area contributed by atoms with Crippen LogP contribution in [-0.2, 0) is 0 Å². The summed E-state index contributed by atoms with van der Waals surface area (Å²) in [5.74, 6) is 0. The van der Waals surface area contributed by atoms with E-state index in [1.54, 1.807) is 0 Å². The van der Waals surface area contributed by atoms with Crippen LogP contribution in [0.25, 0.3) is 0 Å². The van der Waals surface area contributed by atoms with Crippen molar-refractivity contribution < 1.29 is 5.11 Å². The Balaban J connectivity index is 1.99. The van der Waals surface area contributed by atoms with Crippen LogP contribution in [0.1, 0.15) is 36.8 Å². The highest BCUT2D eigenvalue weighted by molar-refractivity contribution is 5.52. The normalized spacial score (nSPS) is 18.7. The van der Waals surface area contributed by atoms with Gasteiger partial charge in [-0.25, -0.2) is 0 Å². The van der Waals surface area contributed by atoms with E-state index >= 15 is 0 Å². The fourth-order valence-electron chi connectivity index (χ4n) is 2.48. The minimum atomic E-state index is -0.475. The van der Waals surface area contributed by atoms with Gasteiger partial charge >= 0.3 is 0 Å². The summed E-state index contributed by atoms with van der Waals surface area (Å²) in [6.07, 6.45) is 4.19. The third-order valence-electron chi connectivity index (χ3n) is 3.52. The molecular formula is C14H21NO. The van der Waals surface area contributed by atoms with Crippen LogP contribution < -0.4 is 5.32 Å². The van der Waals surface area contributed by atoms with E-state index in [1.807, 2.05) is 0 Å². The van der Waals surface area contributed by atoms with Crippen molar-refractivity contribution >= 4 is 5.69 Å². The summed E-state index contributed by atoms with van der Waals surface area (Å²) >= 11 is 0. The zero-order valence-corrected chi connectivity index (χ0v) is 10.2. The van der Waals surface area contributed by atoms with E-state index in [0.717, 1.165) is 31.4 Å². The topological polar surface area (TPSA) is 32.3 Å². The molecule has 0 radical (unpaired) electrons. The number of rotatable bonds is 3. The molecule has 2 rings (SSSR count). The number of aryl methyl sites for hydroxylation is 2. The van der Waals surface area contributed by atoms with E-state index in [4.69, 9.17) is 0 Å². The van der Waals surface area contributed by atoms with Crippen LogP contribution >= 0.6 is 0 Å². The molecular weight excluding hydrogens is 198 g/mol. The molecule has 0 amide bonds. The molecule has 2 heteroatoms. The molecule has 16 heavy (non-hydrogen) atoms. The van der Waals surface area contributed by atoms with Gasteiger partial charge in [-0.3, -0.25) is 0 Å². The van der Waals surface area contributed by atoms with Gasteiger partial charge < -0.3 is 10.4 Å². The van der Waals surface area contributed by atoms with E-state index in [2.05, 4.69) is 37.4 Å². The maximum atomic E-state index is 10.2. The Hall–Kier alpha value is -1.02. The van der Waals surface area contributed by atoms with E-state index in [-0.39, 0.29) is 0 Å². The Morgan fingerprint density at radius 3 is 2.56 bits per heavy atom. The third-order valence-corrected chi connectivity index (χ3v) is 3.52. The van der Waals surface area contributed by atoms with Crippen molar-refractivity contribution in [2.24, 2.45) is 0 Å². The number of hydrogen-bond donors (Lipinski definition) is 2. The number of anilines is 1. The third kappa shape index (κ3) is 2.56. The minimum absolute atomic E-state index is 0.475. The standard InChI is InChI=1S/C14H21NO/c1-11-5-6-13(12(2)9-11)15-10-14(16)7-3-4-8-14/h5-6,9,15-16H,3-4,7-8,10H2,1-2H3. The van der Waals surface area contributed by atoms with Crippen molar-refractivity contribution in [2.45, 2.75) is 45.1 Å². The molecule has 1 aromatic rings. The van der Waals surface area contributed by atoms with E-state index in [0.29, 0.717) is 6.54 Å². The second-order valence-corrected chi connectivity index (χ2v) is 5.10. The lowest BCUT2D eigenvalue weighted by Gasteiger charge is -2.23. The van der Waals surface area contributed by atoms with Crippen LogP contribution in [0.2, 0.25) is 0 Å². The molecule has 0 atom stereocenters. The van der Waals surface area contributed by atoms with Gasteiger partial charge in [-0.05, 0) is 38.3 Å². The van der Waals surface area contributed by atoms with Gasteiger partial charge in [-0.15, -0.1) is 0 Å². The first-order valence-electron chi connectivity index (χ1n) is 6.13. The molecule has 1 fully saturated rings. The number of nitrogens with one attached hydrogen (secondary N) is 1. The molecule has 1 aliphatic carbocycles. The molecule has 1 aromatic carbocycles. The van der Waals surface area contributed by atoms with Crippen molar-refractivity contribution in [3.63, 3.8) is 0 Å². The van der Waals surface area contributed by atoms with E-state index < -0.39 is 5.60 Å². The smallest absolute Gasteiger partial charge is 0.0819 e. The lowest BCUT2D eigenvalue weighted by Crippen LogP contribution is -2.33. The number of benzene rings is 1. The molecule has 88 valence electrons. The fourth-order valence-corrected chi connectivity index (χ4v) is 2.48. The van der Waals surface area contributed by atoms with Crippen molar-refractivity contribution in [3.05, 3.63) is 29.3 Å². The monoisotopic (exact) mass is 219 g/mol. The van der Waals surface area contributed by atoms with E-state index in [9.17, 15) is 5.11 Å². The molecule has 1 saturated carbocycles. The van der Waals surface area contributed by atoms with Crippen molar-refractivity contribution in [1.82, 2.24) is 0 Å². The highest BCUT2D eigenvalue weighted by Gasteiger charge is 2.30. The maximum Gasteiger partial charge on any atom is 0.0819 e. The van der Waals surface area contributed by atoms with Gasteiger partial charge in [0.1, 0.15) is 0 Å². The van der Waals surface area contributed by atoms with Crippen molar-refractivity contribution in [1.29, 1.82) is 0 Å². The van der Waals surface area contributed by atoms with Gasteiger partial charge in [0.05, 0.1) is 5.60 Å². The predicted molar refractivity (Wildman–Crippen MR) is 67.8 cm³/mol. The lowest BCUT2D eigenvalue weighted by molar-refractivity contribution is 0.0614. The Morgan fingerprint density at radius 2 is 1.94 bits per heavy atom. The summed E-state index contributed by atoms with van der Waals surface area (Å²) in [4.78, 5) is 0. The second kappa shape index (κ2) is 4.46. The largest absolute Gasteiger partial charge is 0.388 e. The molecule has 0 aliphatic heterocycles. The highest BCUT2D eigenvalue weighted by Crippen LogP contribution is 2.30. The second-order valence-electron chi connectivity index (χ2n) is 5.10. The van der Waals surface area contributed by atoms with Crippen LogP contribution in [0.4, 0.5) is 5.69 Å². The summed E-state index contributed by atoms with van der Waals surface area (Å²) in [5.41, 5.74) is 3.20. The molecule has 0 spiro atoms. The summed E-state index contributed by atoms with van der Waals surface area (Å²) < 4.78 is 0. The molecule has 0 saturated heterocycles. The molecule has 0 aromatic heterocycles. The molecule has 0 heterocycles. The summed E-state index contributed by atoms with van der Waals surface area (Å²) in [5, 5.41) is 13.6. The highest BCUT2D eigenvalue weighted by atomic mass is 16.3. The van der Waals surface area contributed by atoms with Crippen LogP contribution in [0.15, 0.2) is 18.2 Å². The summed E-state index contributed by atoms with van der Waals surface area (Å²) in [6.45, 7) is 4.88. The van der Waals surface area contributed by atoms with Gasteiger partial charge in [0.15, 0.2) is 0 Å². The van der Waals surface area contributed by atoms with Gasteiger partial charge in [-0.2, -0.15) is 0 Å². The Kier molecular flexibility index (Phi) is 3.20. The lowest BCUT2D eigenvalue weighted by atomic mass is 10.0. The first-order valence-corrected chi connectivity index (χ1v) is 6.13. The number of hydrogen-bond acceptors (Lipinski definition) is 2. The average Bonchev–Trinajstić information content (AvgIpc) is 2.64. The molecule has 2 nitrogen and oxygen atoms in total. The zero-order chi connectivity index (χ0) is 11.6. The maximum absolute atomic E-state index is 10.2. The summed E-state index contributed by atoms with van der Waals surface area (Å²) in [6, 6.07) is 6.37. The Bertz CT molecular complexity index is 367. The number of aliphatic hydroxyl groups is 1. The first kappa shape index (κ1) is 11.5. The van der Waals surface area contributed by atoms with Crippen molar-refractivity contribution in [3.8, 4) is 0 Å². The van der Waals surface area contributed by atoms with Crippen molar-refractivity contribution in [2.75, 3.05) is 11.9 Å². The molecule has 1 aliphatic rings. The predicted octanol–water partition coefficient (Wildman–Crippen LogP) is 3.02. The van der Waals surface area contributed by atoms with Crippen LogP contribution in [-0.4, -0.2) is 17.3 Å².